The first-order chi connectivity index (χ1) is 7.75. The lowest BCUT2D eigenvalue weighted by molar-refractivity contribution is 1.08. The molecule has 2 aromatic heterocycles. The molecule has 0 amide bonds. The smallest absolute Gasteiger partial charge is 0.306 e. The van der Waals surface area contributed by atoms with E-state index in [-0.39, 0.29) is 0 Å². The van der Waals surface area contributed by atoms with Gasteiger partial charge in [0.2, 0.25) is 0 Å². The van der Waals surface area contributed by atoms with Crippen LogP contribution in [0.25, 0.3) is 21.8 Å². The molecule has 0 saturated carbocycles. The zero-order chi connectivity index (χ0) is 11.1. The second-order valence-corrected chi connectivity index (χ2v) is 3.35. The van der Waals surface area contributed by atoms with E-state index in [4.69, 9.17) is 0 Å². The van der Waals surface area contributed by atoms with Crippen molar-refractivity contribution in [2.75, 3.05) is 0 Å². The van der Waals surface area contributed by atoms with E-state index in [1.165, 1.54) is 6.33 Å². The first kappa shape index (κ1) is 8.78. The number of hydrogen-bond acceptors (Lipinski definition) is 4. The Morgan fingerprint density at radius 1 is 1.06 bits per heavy atom. The highest BCUT2D eigenvalue weighted by Crippen LogP contribution is 2.17. The average Bonchev–Trinajstić information content (AvgIpc) is 2.28. The highest BCUT2D eigenvalue weighted by atomic mass is 16.2. The lowest BCUT2D eigenvalue weighted by atomic mass is 10.1. The fourth-order valence-corrected chi connectivity index (χ4v) is 1.69. The van der Waals surface area contributed by atoms with E-state index in [1.54, 1.807) is 18.3 Å². The lowest BCUT2D eigenvalue weighted by Crippen LogP contribution is -2.21. The van der Waals surface area contributed by atoms with Crippen LogP contribution in [0.15, 0.2) is 34.2 Å². The Morgan fingerprint density at radius 2 is 1.94 bits per heavy atom. The van der Waals surface area contributed by atoms with Gasteiger partial charge in [-0.15, -0.1) is 0 Å². The zero-order valence-corrected chi connectivity index (χ0v) is 8.02. The summed E-state index contributed by atoms with van der Waals surface area (Å²) in [6.45, 7) is 0. The highest BCUT2D eigenvalue weighted by Gasteiger charge is 2.05. The minimum atomic E-state index is -0.533. The molecule has 78 valence electrons. The van der Waals surface area contributed by atoms with Gasteiger partial charge in [-0.3, -0.25) is 9.78 Å². The Kier molecular flexibility index (Phi) is 1.64. The molecular formula is C10H6N4O2. The van der Waals surface area contributed by atoms with Gasteiger partial charge in [0.25, 0.3) is 5.56 Å². The molecule has 0 spiro atoms. The van der Waals surface area contributed by atoms with Crippen molar-refractivity contribution in [1.29, 1.82) is 0 Å². The Bertz CT molecular complexity index is 803. The third kappa shape index (κ3) is 1.13. The van der Waals surface area contributed by atoms with Crippen LogP contribution in [-0.4, -0.2) is 19.9 Å². The van der Waals surface area contributed by atoms with E-state index in [2.05, 4.69) is 19.9 Å². The van der Waals surface area contributed by atoms with Gasteiger partial charge in [-0.25, -0.2) is 14.8 Å². The second kappa shape index (κ2) is 2.99. The van der Waals surface area contributed by atoms with Crippen molar-refractivity contribution in [3.63, 3.8) is 0 Å². The van der Waals surface area contributed by atoms with Crippen molar-refractivity contribution in [1.82, 2.24) is 19.9 Å². The molecule has 2 heterocycles. The molecule has 6 heteroatoms. The van der Waals surface area contributed by atoms with Crippen LogP contribution in [0.5, 0.6) is 0 Å². The maximum Gasteiger partial charge on any atom is 0.326 e. The summed E-state index contributed by atoms with van der Waals surface area (Å²) in [5.41, 5.74) is 0.203. The van der Waals surface area contributed by atoms with Crippen LogP contribution < -0.4 is 11.2 Å². The van der Waals surface area contributed by atoms with Crippen molar-refractivity contribution < 1.29 is 0 Å². The summed E-state index contributed by atoms with van der Waals surface area (Å²) in [6.07, 6.45) is 2.99. The summed E-state index contributed by atoms with van der Waals surface area (Å²) in [7, 11) is 0. The van der Waals surface area contributed by atoms with E-state index in [0.717, 1.165) is 0 Å². The lowest BCUT2D eigenvalue weighted by Gasteiger charge is -2.00. The molecule has 1 aromatic carbocycles. The summed E-state index contributed by atoms with van der Waals surface area (Å²) in [5, 5.41) is 1.07. The summed E-state index contributed by atoms with van der Waals surface area (Å²) in [5.74, 6) is 0. The predicted octanol–water partition coefficient (Wildman–Crippen LogP) is 0.160. The van der Waals surface area contributed by atoms with Crippen molar-refractivity contribution in [2.24, 2.45) is 0 Å². The van der Waals surface area contributed by atoms with Gasteiger partial charge in [0.15, 0.2) is 0 Å². The Morgan fingerprint density at radius 3 is 2.81 bits per heavy atom. The van der Waals surface area contributed by atoms with E-state index >= 15 is 0 Å². The number of rotatable bonds is 0. The summed E-state index contributed by atoms with van der Waals surface area (Å²) in [6, 6.07) is 3.34. The minimum absolute atomic E-state index is 0.412. The monoisotopic (exact) mass is 214 g/mol. The SMILES string of the molecule is O=c1[nH]c(=O)c2ccc3ncncc3c2[nH]1. The number of H-pyrrole nitrogens is 2. The van der Waals surface area contributed by atoms with Crippen molar-refractivity contribution in [3.8, 4) is 0 Å². The normalized spacial score (nSPS) is 11.0. The van der Waals surface area contributed by atoms with Gasteiger partial charge in [-0.1, -0.05) is 0 Å². The third-order valence-corrected chi connectivity index (χ3v) is 2.40. The molecule has 0 saturated heterocycles. The minimum Gasteiger partial charge on any atom is -0.306 e. The largest absolute Gasteiger partial charge is 0.326 e. The molecule has 0 radical (unpaired) electrons. The number of aromatic amines is 2. The van der Waals surface area contributed by atoms with Crippen LogP contribution >= 0.6 is 0 Å². The summed E-state index contributed by atoms with van der Waals surface area (Å²) < 4.78 is 0. The van der Waals surface area contributed by atoms with Crippen LogP contribution in [0.1, 0.15) is 0 Å². The number of hydrogen-bond donors (Lipinski definition) is 2. The van der Waals surface area contributed by atoms with E-state index < -0.39 is 11.2 Å². The standard InChI is InChI=1S/C10H6N4O2/c15-9-5-1-2-7-6(3-11-4-12-7)8(5)13-10(16)14-9/h1-4H,(H2,13,14,15,16). The number of fused-ring (bicyclic) bond motifs is 3. The van der Waals surface area contributed by atoms with Crippen LogP contribution in [0.3, 0.4) is 0 Å². The van der Waals surface area contributed by atoms with E-state index in [0.29, 0.717) is 21.8 Å². The maximum atomic E-state index is 11.5. The molecule has 16 heavy (non-hydrogen) atoms. The molecule has 0 bridgehead atoms. The molecule has 0 unspecified atom stereocenters. The van der Waals surface area contributed by atoms with Crippen LogP contribution in [-0.2, 0) is 0 Å². The van der Waals surface area contributed by atoms with Gasteiger partial charge in [0.05, 0.1) is 16.4 Å². The summed E-state index contributed by atoms with van der Waals surface area (Å²) in [4.78, 5) is 35.4. The zero-order valence-electron chi connectivity index (χ0n) is 8.02. The molecule has 3 rings (SSSR count). The fourth-order valence-electron chi connectivity index (χ4n) is 1.69. The molecule has 0 aliphatic carbocycles. The molecule has 2 N–H and O–H groups in total. The molecule has 0 aliphatic rings. The predicted molar refractivity (Wildman–Crippen MR) is 58.3 cm³/mol. The van der Waals surface area contributed by atoms with Gasteiger partial charge in [0.1, 0.15) is 6.33 Å². The Balaban J connectivity index is 2.70. The van der Waals surface area contributed by atoms with E-state index in [1.807, 2.05) is 0 Å². The van der Waals surface area contributed by atoms with Crippen LogP contribution in [0.4, 0.5) is 0 Å². The summed E-state index contributed by atoms with van der Waals surface area (Å²) >= 11 is 0. The molecular weight excluding hydrogens is 208 g/mol. The van der Waals surface area contributed by atoms with E-state index in [9.17, 15) is 9.59 Å². The quantitative estimate of drug-likeness (QED) is 0.521. The first-order valence-electron chi connectivity index (χ1n) is 4.61. The van der Waals surface area contributed by atoms with Crippen molar-refractivity contribution in [3.05, 3.63) is 45.5 Å². The number of nitrogens with one attached hydrogen (secondary N) is 2. The second-order valence-electron chi connectivity index (χ2n) is 3.35. The molecule has 6 nitrogen and oxygen atoms in total. The van der Waals surface area contributed by atoms with Gasteiger partial charge < -0.3 is 4.98 Å². The fraction of sp³-hybridized carbons (Fsp3) is 0. The van der Waals surface area contributed by atoms with Gasteiger partial charge in [-0.05, 0) is 12.1 Å². The molecule has 0 atom stereocenters. The average molecular weight is 214 g/mol. The first-order valence-corrected chi connectivity index (χ1v) is 4.61. The van der Waals surface area contributed by atoms with Gasteiger partial charge in [-0.2, -0.15) is 0 Å². The molecule has 3 aromatic rings. The van der Waals surface area contributed by atoms with Crippen LogP contribution in [0, 0.1) is 0 Å². The highest BCUT2D eigenvalue weighted by molar-refractivity contribution is 6.02. The number of aromatic nitrogens is 4. The third-order valence-electron chi connectivity index (χ3n) is 2.40. The Labute approximate surface area is 88.0 Å². The maximum absolute atomic E-state index is 11.5. The van der Waals surface area contributed by atoms with Crippen LogP contribution in [0.2, 0.25) is 0 Å². The van der Waals surface area contributed by atoms with Gasteiger partial charge in [0, 0.05) is 11.6 Å². The number of benzene rings is 1. The number of nitrogens with zero attached hydrogens (tertiary/aromatic N) is 2. The van der Waals surface area contributed by atoms with Crippen molar-refractivity contribution in [2.45, 2.75) is 0 Å². The Hall–Kier alpha value is -2.50. The topological polar surface area (TPSA) is 91.5 Å². The molecule has 0 aliphatic heterocycles. The molecule has 0 fully saturated rings. The van der Waals surface area contributed by atoms with Gasteiger partial charge >= 0.3 is 5.69 Å². The van der Waals surface area contributed by atoms with Crippen molar-refractivity contribution >= 4 is 21.8 Å².